The van der Waals surface area contributed by atoms with Gasteiger partial charge in [0.05, 0.1) is 11.7 Å². The van der Waals surface area contributed by atoms with Gasteiger partial charge in [-0.2, -0.15) is 5.10 Å². The summed E-state index contributed by atoms with van der Waals surface area (Å²) in [7, 11) is 0. The number of hydrogen-bond acceptors (Lipinski definition) is 7. The third-order valence-corrected chi connectivity index (χ3v) is 7.68. The van der Waals surface area contributed by atoms with Crippen LogP contribution in [0, 0.1) is 12.8 Å². The number of nitrogens with zero attached hydrogens (tertiary/aromatic N) is 4. The number of carboxylic acids is 1. The molecule has 7 rings (SSSR count). The molecule has 10 heteroatoms. The molecule has 6 aromatic rings. The summed E-state index contributed by atoms with van der Waals surface area (Å²) in [5, 5.41) is 22.0. The van der Waals surface area contributed by atoms with Crippen LogP contribution in [0.25, 0.3) is 44.1 Å². The lowest BCUT2D eigenvalue weighted by Crippen LogP contribution is -2.36. The topological polar surface area (TPSA) is 137 Å². The maximum absolute atomic E-state index is 13.0. The van der Waals surface area contributed by atoms with Crippen molar-refractivity contribution in [3.05, 3.63) is 78.8 Å². The Bertz CT molecular complexity index is 1940. The minimum atomic E-state index is -0.961. The minimum absolute atomic E-state index is 0.166. The Hall–Kier alpha value is -5.25. The van der Waals surface area contributed by atoms with Crippen LogP contribution in [0.3, 0.4) is 0 Å². The van der Waals surface area contributed by atoms with Crippen LogP contribution in [0.15, 0.2) is 77.3 Å². The van der Waals surface area contributed by atoms with Gasteiger partial charge in [-0.15, -0.1) is 0 Å². The molecule has 4 heterocycles. The Labute approximate surface area is 234 Å². The highest BCUT2D eigenvalue weighted by atomic mass is 16.4. The molecule has 1 fully saturated rings. The summed E-state index contributed by atoms with van der Waals surface area (Å²) in [6.45, 7) is 2.14. The number of fused-ring (bicyclic) bond motifs is 4. The van der Waals surface area contributed by atoms with Crippen molar-refractivity contribution in [2.45, 2.75) is 25.8 Å². The van der Waals surface area contributed by atoms with Gasteiger partial charge in [-0.3, -0.25) is 9.89 Å². The monoisotopic (exact) mass is 546 g/mol. The molecule has 0 unspecified atom stereocenters. The first kappa shape index (κ1) is 24.8. The van der Waals surface area contributed by atoms with E-state index in [1.165, 1.54) is 0 Å². The molecule has 2 atom stereocenters. The van der Waals surface area contributed by atoms with Crippen molar-refractivity contribution in [2.75, 3.05) is 16.8 Å². The molecule has 0 bridgehead atoms. The van der Waals surface area contributed by atoms with Crippen LogP contribution >= 0.6 is 0 Å². The van der Waals surface area contributed by atoms with Crippen LogP contribution in [-0.2, 0) is 9.59 Å². The number of para-hydroxylation sites is 1. The standard InChI is InChI=1S/C31H26N6O4/c1-17-33-28-23-4-2-3-5-26(23)41-29(28)30(34-17)37-16-18(12-25(37)31(39)40)13-27(38)35-22-10-8-19(9-11-22)20-6-7-21-15-32-36-24(21)14-20/h2-11,14-15,18,25H,12-13,16H2,1H3,(H,32,36)(H,35,38)(H,39,40)/t18-,25+/m1/s1. The lowest BCUT2D eigenvalue weighted by atomic mass is 10.0. The van der Waals surface area contributed by atoms with E-state index >= 15 is 0 Å². The van der Waals surface area contributed by atoms with E-state index in [1.54, 1.807) is 18.0 Å². The van der Waals surface area contributed by atoms with Gasteiger partial charge in [0.2, 0.25) is 5.91 Å². The number of benzene rings is 3. The first-order valence-electron chi connectivity index (χ1n) is 13.4. The summed E-state index contributed by atoms with van der Waals surface area (Å²) in [5.41, 5.74) is 5.49. The molecule has 1 saturated heterocycles. The first-order chi connectivity index (χ1) is 19.9. The number of rotatable bonds is 6. The normalized spacial score (nSPS) is 17.0. The molecule has 3 aromatic heterocycles. The second-order valence-electron chi connectivity index (χ2n) is 10.5. The zero-order valence-corrected chi connectivity index (χ0v) is 22.2. The summed E-state index contributed by atoms with van der Waals surface area (Å²) >= 11 is 0. The van der Waals surface area contributed by atoms with Crippen LogP contribution in [0.1, 0.15) is 18.7 Å². The number of carboxylic acid groups (broad SMARTS) is 1. The van der Waals surface area contributed by atoms with Gasteiger partial charge in [0.15, 0.2) is 11.4 Å². The van der Waals surface area contributed by atoms with Crippen LogP contribution in [0.2, 0.25) is 0 Å². The lowest BCUT2D eigenvalue weighted by molar-refractivity contribution is -0.138. The van der Waals surface area contributed by atoms with E-state index < -0.39 is 12.0 Å². The van der Waals surface area contributed by atoms with Gasteiger partial charge in [0.25, 0.3) is 0 Å². The van der Waals surface area contributed by atoms with Gasteiger partial charge in [0.1, 0.15) is 23.0 Å². The van der Waals surface area contributed by atoms with E-state index in [0.29, 0.717) is 47.0 Å². The van der Waals surface area contributed by atoms with Crippen molar-refractivity contribution in [1.82, 2.24) is 20.2 Å². The van der Waals surface area contributed by atoms with E-state index in [0.717, 1.165) is 27.4 Å². The van der Waals surface area contributed by atoms with Gasteiger partial charge in [-0.1, -0.05) is 36.4 Å². The average Bonchev–Trinajstić information content (AvgIpc) is 3.70. The maximum atomic E-state index is 13.0. The summed E-state index contributed by atoms with van der Waals surface area (Å²) in [4.78, 5) is 36.2. The zero-order chi connectivity index (χ0) is 28.1. The zero-order valence-electron chi connectivity index (χ0n) is 22.2. The Morgan fingerprint density at radius 3 is 2.71 bits per heavy atom. The second kappa shape index (κ2) is 9.74. The van der Waals surface area contributed by atoms with E-state index in [9.17, 15) is 14.7 Å². The molecular weight excluding hydrogens is 520 g/mol. The lowest BCUT2D eigenvalue weighted by Gasteiger charge is -2.22. The third kappa shape index (κ3) is 4.53. The molecule has 3 N–H and O–H groups in total. The quantitative estimate of drug-likeness (QED) is 0.248. The number of furan rings is 1. The molecule has 3 aromatic carbocycles. The number of aliphatic carboxylic acids is 1. The smallest absolute Gasteiger partial charge is 0.326 e. The van der Waals surface area contributed by atoms with Crippen molar-refractivity contribution < 1.29 is 19.1 Å². The summed E-state index contributed by atoms with van der Waals surface area (Å²) < 4.78 is 6.09. The van der Waals surface area contributed by atoms with Crippen LogP contribution in [0.4, 0.5) is 11.5 Å². The Morgan fingerprint density at radius 2 is 1.88 bits per heavy atom. The number of carbonyl (C=O) groups excluding carboxylic acids is 1. The van der Waals surface area contributed by atoms with E-state index in [1.807, 2.05) is 66.7 Å². The van der Waals surface area contributed by atoms with Crippen molar-refractivity contribution in [3.63, 3.8) is 0 Å². The Morgan fingerprint density at radius 1 is 1.07 bits per heavy atom. The molecule has 1 aliphatic rings. The number of carbonyl (C=O) groups is 2. The van der Waals surface area contributed by atoms with Crippen LogP contribution in [0.5, 0.6) is 0 Å². The van der Waals surface area contributed by atoms with Crippen molar-refractivity contribution >= 4 is 56.4 Å². The summed E-state index contributed by atoms with van der Waals surface area (Å²) in [6, 6.07) is 20.5. The van der Waals surface area contributed by atoms with Crippen LogP contribution < -0.4 is 10.2 Å². The highest BCUT2D eigenvalue weighted by Crippen LogP contribution is 2.38. The third-order valence-electron chi connectivity index (χ3n) is 7.68. The first-order valence-corrected chi connectivity index (χ1v) is 13.4. The fourth-order valence-electron chi connectivity index (χ4n) is 5.76. The molecule has 0 spiro atoms. The molecular formula is C31H26N6O4. The van der Waals surface area contributed by atoms with Gasteiger partial charge in [-0.25, -0.2) is 14.8 Å². The minimum Gasteiger partial charge on any atom is -0.480 e. The SMILES string of the molecule is Cc1nc(N2C[C@@H](CC(=O)Nc3ccc(-c4ccc5cn[nH]c5c4)cc3)C[C@H]2C(=O)O)c2oc3ccccc3c2n1. The predicted molar refractivity (Wildman–Crippen MR) is 156 cm³/mol. The number of aromatic amines is 1. The largest absolute Gasteiger partial charge is 0.480 e. The Kier molecular flexibility index (Phi) is 5.88. The van der Waals surface area contributed by atoms with Gasteiger partial charge < -0.3 is 19.7 Å². The number of aryl methyl sites for hydroxylation is 1. The fraction of sp³-hybridized carbons (Fsp3) is 0.194. The van der Waals surface area contributed by atoms with Crippen molar-refractivity contribution in [1.29, 1.82) is 0 Å². The highest BCUT2D eigenvalue weighted by molar-refractivity contribution is 6.06. The molecule has 10 nitrogen and oxygen atoms in total. The average molecular weight is 547 g/mol. The molecule has 204 valence electrons. The number of H-pyrrole nitrogens is 1. The van der Waals surface area contributed by atoms with Gasteiger partial charge in [0, 0.05) is 29.4 Å². The van der Waals surface area contributed by atoms with Gasteiger partial charge >= 0.3 is 5.97 Å². The highest BCUT2D eigenvalue weighted by Gasteiger charge is 2.40. The number of amides is 1. The van der Waals surface area contributed by atoms with Crippen molar-refractivity contribution in [2.24, 2.45) is 5.92 Å². The number of anilines is 2. The molecule has 0 radical (unpaired) electrons. The van der Waals surface area contributed by atoms with Gasteiger partial charge in [-0.05, 0) is 60.7 Å². The molecule has 41 heavy (non-hydrogen) atoms. The fourth-order valence-corrected chi connectivity index (χ4v) is 5.76. The van der Waals surface area contributed by atoms with Crippen LogP contribution in [-0.4, -0.2) is 49.7 Å². The number of hydrogen-bond donors (Lipinski definition) is 3. The molecule has 1 amide bonds. The number of aromatic nitrogens is 4. The summed E-state index contributed by atoms with van der Waals surface area (Å²) in [6.07, 6.45) is 2.29. The van der Waals surface area contributed by atoms with E-state index in [4.69, 9.17) is 4.42 Å². The maximum Gasteiger partial charge on any atom is 0.326 e. The summed E-state index contributed by atoms with van der Waals surface area (Å²) in [5.74, 6) is -0.329. The Balaban J connectivity index is 1.08. The molecule has 0 aliphatic carbocycles. The van der Waals surface area contributed by atoms with Crippen molar-refractivity contribution in [3.8, 4) is 11.1 Å². The second-order valence-corrected chi connectivity index (χ2v) is 10.5. The number of nitrogens with one attached hydrogen (secondary N) is 2. The predicted octanol–water partition coefficient (Wildman–Crippen LogP) is 5.54. The van der Waals surface area contributed by atoms with E-state index in [2.05, 4.69) is 25.5 Å². The molecule has 1 aliphatic heterocycles. The molecule has 0 saturated carbocycles. The van der Waals surface area contributed by atoms with E-state index in [-0.39, 0.29) is 18.2 Å².